The summed E-state index contributed by atoms with van der Waals surface area (Å²) in [5, 5.41) is 0. The SMILES string of the molecule is CC(Oc1ccccc1Cc1ccccc1)C(=O)N1CCc2ccccc2C1. The summed E-state index contributed by atoms with van der Waals surface area (Å²) >= 11 is 0. The largest absolute Gasteiger partial charge is 0.481 e. The Morgan fingerprint density at radius 2 is 1.61 bits per heavy atom. The zero-order chi connectivity index (χ0) is 19.3. The lowest BCUT2D eigenvalue weighted by Crippen LogP contribution is -2.43. The summed E-state index contributed by atoms with van der Waals surface area (Å²) in [7, 11) is 0. The van der Waals surface area contributed by atoms with Crippen LogP contribution in [0.4, 0.5) is 0 Å². The van der Waals surface area contributed by atoms with Crippen molar-refractivity contribution in [2.45, 2.75) is 32.4 Å². The molecular weight excluding hydrogens is 346 g/mol. The van der Waals surface area contributed by atoms with Crippen LogP contribution in [0.15, 0.2) is 78.9 Å². The van der Waals surface area contributed by atoms with E-state index in [1.165, 1.54) is 16.7 Å². The molecule has 0 saturated heterocycles. The molecule has 1 atom stereocenters. The quantitative estimate of drug-likeness (QED) is 0.654. The molecule has 3 nitrogen and oxygen atoms in total. The first kappa shape index (κ1) is 18.3. The minimum absolute atomic E-state index is 0.0454. The van der Waals surface area contributed by atoms with Crippen molar-refractivity contribution in [3.05, 3.63) is 101 Å². The fourth-order valence-corrected chi connectivity index (χ4v) is 3.76. The van der Waals surface area contributed by atoms with Crippen LogP contribution in [0.25, 0.3) is 0 Å². The predicted octanol–water partition coefficient (Wildman–Crippen LogP) is 4.63. The number of carbonyl (C=O) groups is 1. The molecule has 0 bridgehead atoms. The molecule has 1 aliphatic heterocycles. The molecule has 1 heterocycles. The number of nitrogens with zero attached hydrogens (tertiary/aromatic N) is 1. The molecule has 142 valence electrons. The van der Waals surface area contributed by atoms with Gasteiger partial charge in [0.25, 0.3) is 5.91 Å². The van der Waals surface area contributed by atoms with Crippen LogP contribution in [-0.2, 0) is 24.2 Å². The van der Waals surface area contributed by atoms with E-state index in [0.717, 1.165) is 30.7 Å². The second-order valence-electron chi connectivity index (χ2n) is 7.31. The number of hydrogen-bond acceptors (Lipinski definition) is 2. The third-order valence-corrected chi connectivity index (χ3v) is 5.30. The molecule has 0 radical (unpaired) electrons. The second kappa shape index (κ2) is 8.30. The fraction of sp³-hybridized carbons (Fsp3) is 0.240. The van der Waals surface area contributed by atoms with Crippen molar-refractivity contribution in [3.8, 4) is 5.75 Å². The van der Waals surface area contributed by atoms with Gasteiger partial charge in [-0.3, -0.25) is 4.79 Å². The summed E-state index contributed by atoms with van der Waals surface area (Å²) in [6, 6.07) is 26.7. The fourth-order valence-electron chi connectivity index (χ4n) is 3.76. The Hall–Kier alpha value is -3.07. The van der Waals surface area contributed by atoms with Gasteiger partial charge < -0.3 is 9.64 Å². The maximum absolute atomic E-state index is 13.0. The lowest BCUT2D eigenvalue weighted by Gasteiger charge is -2.31. The van der Waals surface area contributed by atoms with Crippen molar-refractivity contribution in [3.63, 3.8) is 0 Å². The van der Waals surface area contributed by atoms with Gasteiger partial charge in [-0.15, -0.1) is 0 Å². The third-order valence-electron chi connectivity index (χ3n) is 5.30. The van der Waals surface area contributed by atoms with Crippen molar-refractivity contribution in [2.75, 3.05) is 6.54 Å². The van der Waals surface area contributed by atoms with Crippen LogP contribution in [0, 0.1) is 0 Å². The van der Waals surface area contributed by atoms with Crippen molar-refractivity contribution < 1.29 is 9.53 Å². The van der Waals surface area contributed by atoms with Gasteiger partial charge >= 0.3 is 0 Å². The molecule has 0 N–H and O–H groups in total. The molecule has 1 unspecified atom stereocenters. The first-order valence-electron chi connectivity index (χ1n) is 9.85. The Morgan fingerprint density at radius 3 is 2.43 bits per heavy atom. The normalized spacial score (nSPS) is 14.2. The third kappa shape index (κ3) is 4.09. The molecule has 0 saturated carbocycles. The minimum atomic E-state index is -0.512. The van der Waals surface area contributed by atoms with Crippen molar-refractivity contribution in [2.24, 2.45) is 0 Å². The summed E-state index contributed by atoms with van der Waals surface area (Å²) in [6.07, 6.45) is 1.18. The van der Waals surface area contributed by atoms with Crippen LogP contribution in [0.5, 0.6) is 5.75 Å². The summed E-state index contributed by atoms with van der Waals surface area (Å²) in [5.74, 6) is 0.827. The van der Waals surface area contributed by atoms with Crippen LogP contribution in [0.3, 0.4) is 0 Å². The van der Waals surface area contributed by atoms with E-state index >= 15 is 0 Å². The second-order valence-corrected chi connectivity index (χ2v) is 7.31. The molecule has 3 heteroatoms. The van der Waals surface area contributed by atoms with Crippen molar-refractivity contribution in [1.82, 2.24) is 4.90 Å². The molecule has 4 rings (SSSR count). The Balaban J connectivity index is 1.45. The number of hydrogen-bond donors (Lipinski definition) is 0. The van der Waals surface area contributed by atoms with Crippen molar-refractivity contribution in [1.29, 1.82) is 0 Å². The van der Waals surface area contributed by atoms with Crippen molar-refractivity contribution >= 4 is 5.91 Å². The monoisotopic (exact) mass is 371 g/mol. The molecule has 1 amide bonds. The van der Waals surface area contributed by atoms with E-state index in [4.69, 9.17) is 4.74 Å². The van der Waals surface area contributed by atoms with E-state index in [1.807, 2.05) is 54.3 Å². The van der Waals surface area contributed by atoms with Crippen LogP contribution >= 0.6 is 0 Å². The first-order valence-corrected chi connectivity index (χ1v) is 9.85. The molecule has 0 aromatic heterocycles. The van der Waals surface area contributed by atoms with Gasteiger partial charge in [0.1, 0.15) is 5.75 Å². The molecule has 0 spiro atoms. The summed E-state index contributed by atoms with van der Waals surface area (Å²) in [4.78, 5) is 14.9. The molecule has 28 heavy (non-hydrogen) atoms. The van der Waals surface area contributed by atoms with Gasteiger partial charge in [-0.25, -0.2) is 0 Å². The van der Waals surface area contributed by atoms with E-state index in [0.29, 0.717) is 6.54 Å². The molecule has 3 aromatic carbocycles. The number of benzene rings is 3. The summed E-state index contributed by atoms with van der Waals surface area (Å²) < 4.78 is 6.13. The predicted molar refractivity (Wildman–Crippen MR) is 111 cm³/mol. The number of fused-ring (bicyclic) bond motifs is 1. The highest BCUT2D eigenvalue weighted by Crippen LogP contribution is 2.24. The van der Waals surface area contributed by atoms with Gasteiger partial charge in [-0.05, 0) is 41.7 Å². The minimum Gasteiger partial charge on any atom is -0.481 e. The molecule has 1 aliphatic rings. The van der Waals surface area contributed by atoms with Gasteiger partial charge in [0, 0.05) is 19.5 Å². The van der Waals surface area contributed by atoms with Crippen LogP contribution in [0.2, 0.25) is 0 Å². The van der Waals surface area contributed by atoms with Gasteiger partial charge in [-0.1, -0.05) is 72.8 Å². The highest BCUT2D eigenvalue weighted by molar-refractivity contribution is 5.81. The number of ether oxygens (including phenoxy) is 1. The zero-order valence-electron chi connectivity index (χ0n) is 16.2. The van der Waals surface area contributed by atoms with Crippen LogP contribution < -0.4 is 4.74 Å². The standard InChI is InChI=1S/C25H25NO2/c1-19(25(27)26-16-15-21-11-5-6-13-23(21)18-26)28-24-14-8-7-12-22(24)17-20-9-3-2-4-10-20/h2-14,19H,15-18H2,1H3. The highest BCUT2D eigenvalue weighted by Gasteiger charge is 2.26. The smallest absolute Gasteiger partial charge is 0.263 e. The Bertz CT molecular complexity index is 952. The Labute approximate surface area is 166 Å². The number of rotatable bonds is 5. The highest BCUT2D eigenvalue weighted by atomic mass is 16.5. The van der Waals surface area contributed by atoms with Gasteiger partial charge in [0.15, 0.2) is 6.10 Å². The molecule has 0 aliphatic carbocycles. The van der Waals surface area contributed by atoms with Crippen LogP contribution in [0.1, 0.15) is 29.2 Å². The number of carbonyl (C=O) groups excluding carboxylic acids is 1. The van der Waals surface area contributed by atoms with Gasteiger partial charge in [0.05, 0.1) is 0 Å². The average Bonchev–Trinajstić information content (AvgIpc) is 2.75. The van der Waals surface area contributed by atoms with Gasteiger partial charge in [0.2, 0.25) is 0 Å². The maximum Gasteiger partial charge on any atom is 0.263 e. The molecule has 0 fully saturated rings. The van der Waals surface area contributed by atoms with E-state index < -0.39 is 6.10 Å². The van der Waals surface area contributed by atoms with Gasteiger partial charge in [-0.2, -0.15) is 0 Å². The first-order chi connectivity index (χ1) is 13.7. The number of amides is 1. The Morgan fingerprint density at radius 1 is 0.929 bits per heavy atom. The maximum atomic E-state index is 13.0. The molecule has 3 aromatic rings. The lowest BCUT2D eigenvalue weighted by atomic mass is 9.99. The zero-order valence-corrected chi connectivity index (χ0v) is 16.2. The van der Waals surface area contributed by atoms with E-state index in [-0.39, 0.29) is 5.91 Å². The summed E-state index contributed by atoms with van der Waals surface area (Å²) in [5.41, 5.74) is 4.90. The van der Waals surface area contributed by atoms with E-state index in [1.54, 1.807) is 0 Å². The summed E-state index contributed by atoms with van der Waals surface area (Å²) in [6.45, 7) is 3.26. The Kier molecular flexibility index (Phi) is 5.43. The number of para-hydroxylation sites is 1. The topological polar surface area (TPSA) is 29.5 Å². The lowest BCUT2D eigenvalue weighted by molar-refractivity contribution is -0.138. The average molecular weight is 371 g/mol. The van der Waals surface area contributed by atoms with Crippen LogP contribution in [-0.4, -0.2) is 23.5 Å². The molecular formula is C25H25NO2. The van der Waals surface area contributed by atoms with E-state index in [2.05, 4.69) is 36.4 Å². The van der Waals surface area contributed by atoms with E-state index in [9.17, 15) is 4.79 Å².